The van der Waals surface area contributed by atoms with Crippen LogP contribution in [0.2, 0.25) is 0 Å². The molecule has 5 atom stereocenters. The van der Waals surface area contributed by atoms with Gasteiger partial charge in [-0.1, -0.05) is 96.1 Å². The molecule has 4 aromatic rings. The van der Waals surface area contributed by atoms with Gasteiger partial charge in [0, 0.05) is 4.91 Å². The van der Waals surface area contributed by atoms with Gasteiger partial charge in [-0.05, 0) is 22.2 Å². The van der Waals surface area contributed by atoms with Crippen molar-refractivity contribution in [3.8, 4) is 18.0 Å². The van der Waals surface area contributed by atoms with E-state index < -0.39 is 30.6 Å². The summed E-state index contributed by atoms with van der Waals surface area (Å²) in [6, 6.07) is 27.9. The topological polar surface area (TPSA) is 152 Å². The smallest absolute Gasteiger partial charge is 0.328 e. The Morgan fingerprint density at radius 3 is 1.69 bits per heavy atom. The largest absolute Gasteiger partial charge is 0.467 e. The van der Waals surface area contributed by atoms with Crippen LogP contribution in [0.4, 0.5) is 0 Å². The van der Waals surface area contributed by atoms with Gasteiger partial charge < -0.3 is 33.2 Å². The van der Waals surface area contributed by atoms with Crippen LogP contribution < -0.4 is 14.2 Å². The molecule has 1 aromatic heterocycles. The van der Waals surface area contributed by atoms with Gasteiger partial charge >= 0.3 is 18.0 Å². The van der Waals surface area contributed by atoms with Crippen LogP contribution >= 0.6 is 0 Å². The number of rotatable bonds is 15. The molecule has 0 radical (unpaired) electrons. The second-order valence-electron chi connectivity index (χ2n) is 9.97. The fourth-order valence-corrected chi connectivity index (χ4v) is 4.76. The molecule has 13 nitrogen and oxygen atoms in total. The van der Waals surface area contributed by atoms with E-state index in [4.69, 9.17) is 33.2 Å². The molecule has 0 bridgehead atoms. The summed E-state index contributed by atoms with van der Waals surface area (Å²) >= 11 is 0. The molecule has 3 aromatic carbocycles. The molecule has 0 saturated carbocycles. The number of ether oxygens (including phenoxy) is 7. The summed E-state index contributed by atoms with van der Waals surface area (Å²) in [7, 11) is 2.81. The minimum Gasteiger partial charge on any atom is -0.467 e. The molecule has 5 rings (SSSR count). The Kier molecular flexibility index (Phi) is 11.5. The van der Waals surface area contributed by atoms with Crippen LogP contribution in [0.15, 0.2) is 96.1 Å². The van der Waals surface area contributed by atoms with Crippen LogP contribution in [0.3, 0.4) is 0 Å². The number of hydrogen-bond donors (Lipinski definition) is 0. The van der Waals surface area contributed by atoms with E-state index >= 15 is 0 Å². The van der Waals surface area contributed by atoms with Crippen molar-refractivity contribution in [2.45, 2.75) is 50.5 Å². The first kappa shape index (κ1) is 31.6. The molecule has 1 saturated heterocycles. The average molecular weight is 615 g/mol. The van der Waals surface area contributed by atoms with Gasteiger partial charge in [0.25, 0.3) is 0 Å². The highest BCUT2D eigenvalue weighted by molar-refractivity contribution is 5.16. The summed E-state index contributed by atoms with van der Waals surface area (Å²) < 4.78 is 41.9. The van der Waals surface area contributed by atoms with Crippen molar-refractivity contribution >= 4 is 0 Å². The molecule has 13 heteroatoms. The second-order valence-corrected chi connectivity index (χ2v) is 9.97. The first-order valence-corrected chi connectivity index (χ1v) is 14.3. The zero-order valence-corrected chi connectivity index (χ0v) is 24.9. The predicted octanol–water partition coefficient (Wildman–Crippen LogP) is 5.06. The lowest BCUT2D eigenvalue weighted by Crippen LogP contribution is -2.61. The van der Waals surface area contributed by atoms with Gasteiger partial charge in [0.1, 0.15) is 24.4 Å². The van der Waals surface area contributed by atoms with Gasteiger partial charge in [0.05, 0.1) is 40.6 Å². The van der Waals surface area contributed by atoms with Crippen LogP contribution in [-0.4, -0.2) is 66.4 Å². The summed E-state index contributed by atoms with van der Waals surface area (Å²) in [6.07, 6.45) is -3.44. The molecular weight excluding hydrogens is 580 g/mol. The molecular formula is C32H34N6O7. The maximum atomic E-state index is 9.64. The molecule has 0 unspecified atom stereocenters. The number of aromatic nitrogens is 3. The second kappa shape index (κ2) is 16.3. The molecule has 45 heavy (non-hydrogen) atoms. The van der Waals surface area contributed by atoms with E-state index in [1.54, 1.807) is 0 Å². The predicted molar refractivity (Wildman–Crippen MR) is 161 cm³/mol. The Balaban J connectivity index is 1.46. The van der Waals surface area contributed by atoms with E-state index in [1.807, 2.05) is 91.0 Å². The fourth-order valence-electron chi connectivity index (χ4n) is 4.76. The number of methoxy groups -OCH3 is 2. The third-order valence-corrected chi connectivity index (χ3v) is 6.92. The van der Waals surface area contributed by atoms with E-state index in [1.165, 1.54) is 14.2 Å². The van der Waals surface area contributed by atoms with Crippen LogP contribution in [0, 0.1) is 0 Å². The Morgan fingerprint density at radius 2 is 1.18 bits per heavy atom. The molecule has 1 aliphatic heterocycles. The Hall–Kier alpha value is -4.78. The van der Waals surface area contributed by atoms with Gasteiger partial charge in [0.15, 0.2) is 0 Å². The van der Waals surface area contributed by atoms with Crippen molar-refractivity contribution in [1.29, 1.82) is 0 Å². The fraction of sp³-hybridized carbons (Fsp3) is 0.344. The van der Waals surface area contributed by atoms with E-state index in [9.17, 15) is 5.53 Å². The Morgan fingerprint density at radius 1 is 0.689 bits per heavy atom. The number of hydrogen-bond acceptors (Lipinski definition) is 11. The first-order valence-electron chi connectivity index (χ1n) is 14.3. The normalized spacial score (nSPS) is 21.0. The lowest BCUT2D eigenvalue weighted by Gasteiger charge is -2.44. The highest BCUT2D eigenvalue weighted by Crippen LogP contribution is 2.32. The van der Waals surface area contributed by atoms with Gasteiger partial charge in [-0.3, -0.25) is 0 Å². The van der Waals surface area contributed by atoms with Crippen molar-refractivity contribution in [3.05, 3.63) is 118 Å². The summed E-state index contributed by atoms with van der Waals surface area (Å²) in [4.78, 5) is 15.4. The summed E-state index contributed by atoms with van der Waals surface area (Å²) in [5.74, 6) is 0. The zero-order valence-electron chi connectivity index (χ0n) is 24.9. The summed E-state index contributed by atoms with van der Waals surface area (Å²) in [5.41, 5.74) is 12.5. The van der Waals surface area contributed by atoms with Crippen molar-refractivity contribution < 1.29 is 33.2 Å². The molecule has 2 heterocycles. The molecule has 1 fully saturated rings. The Labute approximate surface area is 260 Å². The summed E-state index contributed by atoms with van der Waals surface area (Å²) in [6.45, 7) is 0.929. The number of azide groups is 1. The summed E-state index contributed by atoms with van der Waals surface area (Å²) in [5, 5.41) is 4.06. The van der Waals surface area contributed by atoms with E-state index in [0.29, 0.717) is 6.61 Å². The van der Waals surface area contributed by atoms with Gasteiger partial charge in [-0.2, -0.15) is 0 Å². The quantitative estimate of drug-likeness (QED) is 0.101. The van der Waals surface area contributed by atoms with Gasteiger partial charge in [0.2, 0.25) is 6.29 Å². The Bertz CT molecular complexity index is 1490. The molecule has 0 aliphatic carbocycles. The third kappa shape index (κ3) is 8.88. The van der Waals surface area contributed by atoms with Gasteiger partial charge in [-0.15, -0.1) is 15.0 Å². The third-order valence-electron chi connectivity index (χ3n) is 6.92. The molecule has 1 aliphatic rings. The zero-order chi connectivity index (χ0) is 31.3. The first-order chi connectivity index (χ1) is 22.2. The maximum Gasteiger partial charge on any atom is 0.328 e. The van der Waals surface area contributed by atoms with Crippen LogP contribution in [0.1, 0.15) is 16.7 Å². The van der Waals surface area contributed by atoms with Crippen molar-refractivity contribution in [1.82, 2.24) is 15.0 Å². The van der Waals surface area contributed by atoms with Crippen molar-refractivity contribution in [2.24, 2.45) is 5.11 Å². The van der Waals surface area contributed by atoms with E-state index in [0.717, 1.165) is 16.7 Å². The standard InChI is InChI=1S/C32H34N6O7/c1-39-30-34-31(40-2)36-32(35-30)45-29-26(37-38-33)28(43-20-24-16-10-5-11-17-24)27(42-19-23-14-8-4-9-15-23)25(44-29)21-41-18-22-12-6-3-7-13-22/h3-17,25-29H,18-21H2,1-2H3/t25-,26-,27-,28-,29+/m1/s1. The maximum absolute atomic E-state index is 9.64. The highest BCUT2D eigenvalue weighted by atomic mass is 16.7. The molecule has 234 valence electrons. The van der Waals surface area contributed by atoms with Crippen molar-refractivity contribution in [3.63, 3.8) is 0 Å². The van der Waals surface area contributed by atoms with E-state index in [2.05, 4.69) is 25.0 Å². The van der Waals surface area contributed by atoms with Crippen molar-refractivity contribution in [2.75, 3.05) is 20.8 Å². The molecule has 0 amide bonds. The van der Waals surface area contributed by atoms with Crippen LogP contribution in [-0.2, 0) is 38.8 Å². The molecule has 0 spiro atoms. The minimum absolute atomic E-state index is 0.0308. The number of benzene rings is 3. The van der Waals surface area contributed by atoms with E-state index in [-0.39, 0.29) is 37.9 Å². The average Bonchev–Trinajstić information content (AvgIpc) is 3.09. The lowest BCUT2D eigenvalue weighted by molar-refractivity contribution is -0.267. The highest BCUT2D eigenvalue weighted by Gasteiger charge is 2.49. The minimum atomic E-state index is -1.19. The van der Waals surface area contributed by atoms with Gasteiger partial charge in [-0.25, -0.2) is 0 Å². The monoisotopic (exact) mass is 614 g/mol. The SMILES string of the molecule is COc1nc(OC)nc(O[C@@H]2O[C@H](COCc3ccccc3)[C@@H](OCc3ccccc3)[C@H](OCc3ccccc3)[C@H]2N=[N+]=[N-])n1. The van der Waals surface area contributed by atoms with Crippen LogP contribution in [0.25, 0.3) is 10.4 Å². The van der Waals surface area contributed by atoms with Crippen LogP contribution in [0.5, 0.6) is 18.0 Å². The lowest BCUT2D eigenvalue weighted by atomic mass is 9.96. The molecule has 0 N–H and O–H groups in total. The number of nitrogens with zero attached hydrogens (tertiary/aromatic N) is 6.